The lowest BCUT2D eigenvalue weighted by Crippen LogP contribution is -2.42. The van der Waals surface area contributed by atoms with Gasteiger partial charge in [0.25, 0.3) is 5.91 Å². The molecule has 7 rings (SSSR count). The van der Waals surface area contributed by atoms with Crippen LogP contribution in [0, 0.1) is 29.6 Å². The van der Waals surface area contributed by atoms with Crippen LogP contribution in [0.1, 0.15) is 22.8 Å². The molecule has 0 spiro atoms. The smallest absolute Gasteiger partial charge is 0.323 e. The number of anilines is 1. The molecule has 2 aromatic carbocycles. The number of rotatable bonds is 7. The summed E-state index contributed by atoms with van der Waals surface area (Å²) >= 11 is 14.7. The summed E-state index contributed by atoms with van der Waals surface area (Å²) in [5.41, 5.74) is 1.35. The molecule has 3 N–H and O–H groups in total. The zero-order valence-electron chi connectivity index (χ0n) is 22.1. The van der Waals surface area contributed by atoms with Gasteiger partial charge in [-0.25, -0.2) is 0 Å². The minimum absolute atomic E-state index is 0.0305. The summed E-state index contributed by atoms with van der Waals surface area (Å²) in [5, 5.41) is 13.4. The monoisotopic (exact) mass is 659 g/mol. The van der Waals surface area contributed by atoms with Crippen molar-refractivity contribution in [3.8, 4) is 5.75 Å². The molecule has 6 unspecified atom stereocenters. The number of aromatic nitrogens is 1. The van der Waals surface area contributed by atoms with Gasteiger partial charge in [-0.2, -0.15) is 0 Å². The molecule has 3 fully saturated rings. The van der Waals surface area contributed by atoms with Gasteiger partial charge in [-0.3, -0.25) is 28.9 Å². The van der Waals surface area contributed by atoms with Crippen LogP contribution in [0.15, 0.2) is 52.3 Å². The Hall–Kier alpha value is -3.32. The topological polar surface area (TPSA) is 146 Å². The van der Waals surface area contributed by atoms with Crippen LogP contribution in [-0.2, 0) is 19.2 Å². The van der Waals surface area contributed by atoms with E-state index < -0.39 is 42.1 Å². The number of nitrogens with one attached hydrogen (secondary N) is 2. The van der Waals surface area contributed by atoms with E-state index in [1.807, 2.05) is 18.2 Å². The number of thiazole rings is 1. The quantitative estimate of drug-likeness (QED) is 0.318. The summed E-state index contributed by atoms with van der Waals surface area (Å²) in [6, 6.07) is 12.1. The summed E-state index contributed by atoms with van der Waals surface area (Å²) in [5.74, 6) is -3.62. The fraction of sp³-hybridized carbons (Fsp3) is 0.345. The Kier molecular flexibility index (Phi) is 7.07. The first-order valence-corrected chi connectivity index (χ1v) is 16.0. The fourth-order valence-electron chi connectivity index (χ4n) is 7.46. The highest BCUT2D eigenvalue weighted by Crippen LogP contribution is 2.68. The van der Waals surface area contributed by atoms with Crippen LogP contribution in [0.2, 0.25) is 10.0 Å². The number of ether oxygens (including phenoxy) is 1. The summed E-state index contributed by atoms with van der Waals surface area (Å²) in [7, 11) is 0. The van der Waals surface area contributed by atoms with Gasteiger partial charge in [0.05, 0.1) is 26.9 Å². The maximum Gasteiger partial charge on any atom is 0.323 e. The van der Waals surface area contributed by atoms with Gasteiger partial charge in [0.1, 0.15) is 12.3 Å². The largest absolute Gasteiger partial charge is 0.484 e. The van der Waals surface area contributed by atoms with E-state index in [1.54, 1.807) is 36.0 Å². The molecule has 1 saturated heterocycles. The number of benzene rings is 2. The molecule has 14 heteroatoms. The van der Waals surface area contributed by atoms with E-state index in [2.05, 4.69) is 10.3 Å². The third kappa shape index (κ3) is 4.75. The predicted molar refractivity (Wildman–Crippen MR) is 160 cm³/mol. The minimum Gasteiger partial charge on any atom is -0.484 e. The number of hydrogen-bond donors (Lipinski definition) is 3. The summed E-state index contributed by atoms with van der Waals surface area (Å²) < 4.78 is 5.84. The van der Waals surface area contributed by atoms with Crippen molar-refractivity contribution in [2.24, 2.45) is 29.6 Å². The van der Waals surface area contributed by atoms with E-state index >= 15 is 0 Å². The Morgan fingerprint density at radius 2 is 1.81 bits per heavy atom. The normalized spacial score (nSPS) is 28.4. The van der Waals surface area contributed by atoms with E-state index in [9.17, 15) is 29.1 Å². The van der Waals surface area contributed by atoms with E-state index in [0.29, 0.717) is 27.9 Å². The number of amides is 3. The summed E-state index contributed by atoms with van der Waals surface area (Å²) in [6.45, 7) is -0.891. The molecule has 43 heavy (non-hydrogen) atoms. The Morgan fingerprint density at radius 1 is 1.05 bits per heavy atom. The highest BCUT2D eigenvalue weighted by molar-refractivity contribution is 8.00. The first kappa shape index (κ1) is 28.5. The summed E-state index contributed by atoms with van der Waals surface area (Å²) in [4.78, 5) is 67.6. The zero-order valence-corrected chi connectivity index (χ0v) is 25.3. The number of H-pyrrole nitrogens is 1. The van der Waals surface area contributed by atoms with Crippen LogP contribution in [0.5, 0.6) is 5.75 Å². The van der Waals surface area contributed by atoms with Crippen molar-refractivity contribution in [1.29, 1.82) is 0 Å². The second-order valence-electron chi connectivity index (χ2n) is 11.2. The molecule has 2 saturated carbocycles. The number of thioether (sulfide) groups is 1. The van der Waals surface area contributed by atoms with Crippen molar-refractivity contribution in [2.45, 2.75) is 22.6 Å². The first-order chi connectivity index (χ1) is 20.6. The number of likely N-dealkylation sites (tertiary alicyclic amines) is 1. The molecule has 222 valence electrons. The van der Waals surface area contributed by atoms with Crippen molar-refractivity contribution in [3.63, 3.8) is 0 Å². The third-order valence-corrected chi connectivity index (χ3v) is 12.2. The van der Waals surface area contributed by atoms with Gasteiger partial charge in [-0.05, 0) is 60.1 Å². The lowest BCUT2D eigenvalue weighted by atomic mass is 9.68. The number of imide groups is 1. The third-order valence-electron chi connectivity index (χ3n) is 8.90. The van der Waals surface area contributed by atoms with E-state index in [4.69, 9.17) is 27.9 Å². The van der Waals surface area contributed by atoms with Gasteiger partial charge >= 0.3 is 10.8 Å². The number of carbonyl (C=O) groups is 4. The second-order valence-corrected chi connectivity index (χ2v) is 14.2. The van der Waals surface area contributed by atoms with E-state index in [0.717, 1.165) is 31.7 Å². The Labute approximate surface area is 262 Å². The van der Waals surface area contributed by atoms with Crippen LogP contribution in [0.25, 0.3) is 0 Å². The average Bonchev–Trinajstić information content (AvgIpc) is 3.70. The van der Waals surface area contributed by atoms with E-state index in [-0.39, 0.29) is 40.4 Å². The maximum atomic E-state index is 13.4. The molecule has 2 aliphatic carbocycles. The van der Waals surface area contributed by atoms with Gasteiger partial charge in [-0.1, -0.05) is 46.7 Å². The highest BCUT2D eigenvalue weighted by atomic mass is 35.5. The maximum absolute atomic E-state index is 13.4. The number of carboxylic acids is 1. The van der Waals surface area contributed by atoms with Crippen LogP contribution in [-0.4, -0.2) is 57.1 Å². The molecule has 2 bridgehead atoms. The average molecular weight is 661 g/mol. The van der Waals surface area contributed by atoms with Gasteiger partial charge < -0.3 is 20.1 Å². The van der Waals surface area contributed by atoms with Crippen LogP contribution >= 0.6 is 46.3 Å². The van der Waals surface area contributed by atoms with Crippen LogP contribution in [0.3, 0.4) is 0 Å². The zero-order chi connectivity index (χ0) is 30.2. The predicted octanol–water partition coefficient (Wildman–Crippen LogP) is 4.32. The molecule has 4 aliphatic rings. The molecule has 0 radical (unpaired) electrons. The Balaban J connectivity index is 1.16. The van der Waals surface area contributed by atoms with Gasteiger partial charge in [-0.15, -0.1) is 11.8 Å². The number of carboxylic acid groups (broad SMARTS) is 1. The number of carbonyl (C=O) groups excluding carboxylic acids is 3. The van der Waals surface area contributed by atoms with Crippen molar-refractivity contribution in [2.75, 3.05) is 18.5 Å². The number of halogens is 2. The Morgan fingerprint density at radius 3 is 2.56 bits per heavy atom. The van der Waals surface area contributed by atoms with Gasteiger partial charge in [0.15, 0.2) is 6.61 Å². The molecule has 3 aromatic rings. The molecule has 2 aliphatic heterocycles. The van der Waals surface area contributed by atoms with Crippen molar-refractivity contribution < 1.29 is 29.0 Å². The fourth-order valence-corrected chi connectivity index (χ4v) is 10.6. The minimum atomic E-state index is -1.22. The standard InChI is InChI=1S/C29H23Cl2N3O7S2/c30-16-5-4-12(7-17(16)31)32-18(35)10-41-13-3-1-2-11(6-13)20-21-14-8-15(24(21)42-26-25(20)43-29(40)33-26)23-22(14)27(38)34(28(23)39)9-19(36)37/h1-7,14-15,20-24H,8-10H2,(H,32,35)(H,33,40)(H,36,37)/t14?,15?,20-,21?,22?,23?,24?/m1/s1. The molecule has 10 nitrogen and oxygen atoms in total. The number of nitrogens with zero attached hydrogens (tertiary/aromatic N) is 1. The molecule has 7 atom stereocenters. The number of aliphatic carboxylic acids is 1. The van der Waals surface area contributed by atoms with Crippen LogP contribution in [0.4, 0.5) is 5.69 Å². The highest BCUT2D eigenvalue weighted by Gasteiger charge is 2.69. The van der Waals surface area contributed by atoms with Gasteiger partial charge in [0.2, 0.25) is 11.8 Å². The van der Waals surface area contributed by atoms with Crippen LogP contribution < -0.4 is 14.9 Å². The number of aromatic amines is 1. The van der Waals surface area contributed by atoms with Crippen molar-refractivity contribution >= 4 is 75.7 Å². The SMILES string of the molecule is O=C(O)CN1C(=O)C2C3CC(C2C1=O)C1C3Sc2[nH]c(=O)sc2[C@@H]1c1cccc(OCC(=O)Nc2ccc(Cl)c(Cl)c2)c1. The molecular weight excluding hydrogens is 637 g/mol. The van der Waals surface area contributed by atoms with Gasteiger partial charge in [0, 0.05) is 21.7 Å². The Bertz CT molecular complexity index is 1760. The van der Waals surface area contributed by atoms with E-state index in [1.165, 1.54) is 0 Å². The lowest BCUT2D eigenvalue weighted by molar-refractivity contribution is -0.149. The summed E-state index contributed by atoms with van der Waals surface area (Å²) in [6.07, 6.45) is 0.691. The lowest BCUT2D eigenvalue weighted by Gasteiger charge is -2.43. The first-order valence-electron chi connectivity index (χ1n) is 13.5. The molecule has 3 heterocycles. The molecular formula is C29H23Cl2N3O7S2. The molecule has 3 amide bonds. The second kappa shape index (κ2) is 10.7. The molecule has 1 aromatic heterocycles. The van der Waals surface area contributed by atoms with Crippen molar-refractivity contribution in [3.05, 3.63) is 72.6 Å². The van der Waals surface area contributed by atoms with Crippen molar-refractivity contribution in [1.82, 2.24) is 9.88 Å². The number of hydrogen-bond acceptors (Lipinski definition) is 8. The number of fused-ring (bicyclic) bond motifs is 9.